The molecule has 0 amide bonds. The van der Waals surface area contributed by atoms with E-state index in [1.54, 1.807) is 6.92 Å². The minimum atomic E-state index is -0.762. The van der Waals surface area contributed by atoms with Crippen LogP contribution in [0.2, 0.25) is 0 Å². The van der Waals surface area contributed by atoms with Gasteiger partial charge in [0.15, 0.2) is 0 Å². The molecule has 0 heterocycles. The molecule has 2 unspecified atom stereocenters. The molecule has 3 rings (SSSR count). The number of benzene rings is 2. The molecule has 2 aromatic rings. The highest BCUT2D eigenvalue weighted by Gasteiger charge is 2.24. The van der Waals surface area contributed by atoms with Crippen molar-refractivity contribution in [2.45, 2.75) is 31.6 Å². The lowest BCUT2D eigenvalue weighted by molar-refractivity contribution is -0.138. The van der Waals surface area contributed by atoms with E-state index >= 15 is 0 Å². The second kappa shape index (κ2) is 5.12. The maximum atomic E-state index is 11.1. The molecule has 0 saturated carbocycles. The first-order chi connectivity index (χ1) is 9.65. The fourth-order valence-corrected chi connectivity index (χ4v) is 3.01. The summed E-state index contributed by atoms with van der Waals surface area (Å²) < 4.78 is 0. The minimum Gasteiger partial charge on any atom is -0.481 e. The zero-order valence-corrected chi connectivity index (χ0v) is 11.5. The first-order valence-corrected chi connectivity index (χ1v) is 7.04. The van der Waals surface area contributed by atoms with E-state index in [0.717, 1.165) is 18.4 Å². The van der Waals surface area contributed by atoms with Crippen molar-refractivity contribution in [2.75, 3.05) is 0 Å². The van der Waals surface area contributed by atoms with E-state index in [-0.39, 0.29) is 0 Å². The molecule has 20 heavy (non-hydrogen) atoms. The number of carboxylic acid groups (broad SMARTS) is 1. The van der Waals surface area contributed by atoms with E-state index in [4.69, 9.17) is 5.11 Å². The summed E-state index contributed by atoms with van der Waals surface area (Å²) in [7, 11) is 0. The quantitative estimate of drug-likeness (QED) is 0.918. The molecule has 2 heteroatoms. The number of carbonyl (C=O) groups is 1. The number of hydrogen-bond donors (Lipinski definition) is 1. The highest BCUT2D eigenvalue weighted by molar-refractivity contribution is 5.75. The topological polar surface area (TPSA) is 37.3 Å². The van der Waals surface area contributed by atoms with Gasteiger partial charge in [-0.25, -0.2) is 0 Å². The molecule has 1 N–H and O–H groups in total. The zero-order valence-electron chi connectivity index (χ0n) is 11.5. The highest BCUT2D eigenvalue weighted by atomic mass is 16.4. The number of aliphatic carboxylic acids is 1. The number of fused-ring (bicyclic) bond motifs is 1. The Morgan fingerprint density at radius 3 is 2.50 bits per heavy atom. The van der Waals surface area contributed by atoms with Gasteiger partial charge in [-0.1, -0.05) is 48.5 Å². The number of hydrogen-bond acceptors (Lipinski definition) is 1. The molecule has 102 valence electrons. The Labute approximate surface area is 119 Å². The van der Waals surface area contributed by atoms with Crippen LogP contribution in [0.5, 0.6) is 0 Å². The summed E-state index contributed by atoms with van der Waals surface area (Å²) in [5.41, 5.74) is 4.95. The van der Waals surface area contributed by atoms with E-state index in [2.05, 4.69) is 36.4 Å². The molecule has 2 aromatic carbocycles. The van der Waals surface area contributed by atoms with Crippen LogP contribution in [0.1, 0.15) is 41.0 Å². The van der Waals surface area contributed by atoms with E-state index in [1.807, 2.05) is 12.1 Å². The van der Waals surface area contributed by atoms with Crippen molar-refractivity contribution in [3.63, 3.8) is 0 Å². The van der Waals surface area contributed by atoms with Crippen LogP contribution in [-0.2, 0) is 17.6 Å². The van der Waals surface area contributed by atoms with Gasteiger partial charge >= 0.3 is 5.97 Å². The predicted octanol–water partition coefficient (Wildman–Crippen LogP) is 3.76. The van der Waals surface area contributed by atoms with E-state index < -0.39 is 11.9 Å². The zero-order chi connectivity index (χ0) is 14.1. The Bertz CT molecular complexity index is 631. The van der Waals surface area contributed by atoms with Crippen molar-refractivity contribution in [1.82, 2.24) is 0 Å². The van der Waals surface area contributed by atoms with Gasteiger partial charge in [-0.15, -0.1) is 0 Å². The van der Waals surface area contributed by atoms with Crippen molar-refractivity contribution in [3.8, 4) is 0 Å². The van der Waals surface area contributed by atoms with Crippen molar-refractivity contribution < 1.29 is 9.90 Å². The van der Waals surface area contributed by atoms with Crippen molar-refractivity contribution >= 4 is 5.97 Å². The molecule has 0 radical (unpaired) electrons. The molecule has 2 atom stereocenters. The average Bonchev–Trinajstić information content (AvgIpc) is 2.90. The Morgan fingerprint density at radius 1 is 1.10 bits per heavy atom. The van der Waals surface area contributed by atoms with Gasteiger partial charge in [-0.2, -0.15) is 0 Å². The summed E-state index contributed by atoms with van der Waals surface area (Å²) in [6.45, 7) is 1.74. The molecule has 0 aromatic heterocycles. The minimum absolute atomic E-state index is 0.434. The van der Waals surface area contributed by atoms with E-state index in [0.29, 0.717) is 5.92 Å². The van der Waals surface area contributed by atoms with Crippen LogP contribution < -0.4 is 0 Å². The third kappa shape index (κ3) is 2.34. The smallest absolute Gasteiger partial charge is 0.310 e. The van der Waals surface area contributed by atoms with Crippen LogP contribution in [0.15, 0.2) is 48.5 Å². The normalized spacial score (nSPS) is 18.6. The third-order valence-corrected chi connectivity index (χ3v) is 4.30. The lowest BCUT2D eigenvalue weighted by Crippen LogP contribution is -2.07. The van der Waals surface area contributed by atoms with Crippen LogP contribution in [0.4, 0.5) is 0 Å². The number of rotatable bonds is 3. The molecule has 0 spiro atoms. The lowest BCUT2D eigenvalue weighted by atomic mass is 9.96. The molecular weight excluding hydrogens is 248 g/mol. The van der Waals surface area contributed by atoms with Crippen LogP contribution in [-0.4, -0.2) is 11.1 Å². The summed E-state index contributed by atoms with van der Waals surface area (Å²) >= 11 is 0. The summed E-state index contributed by atoms with van der Waals surface area (Å²) in [6.07, 6.45) is 2.07. The van der Waals surface area contributed by atoms with Crippen molar-refractivity contribution in [1.29, 1.82) is 0 Å². The summed E-state index contributed by atoms with van der Waals surface area (Å²) in [5, 5.41) is 9.11. The fraction of sp³-hybridized carbons (Fsp3) is 0.278. The monoisotopic (exact) mass is 266 g/mol. The van der Waals surface area contributed by atoms with Gasteiger partial charge in [0, 0.05) is 0 Å². The SMILES string of the molecule is CC(C(=O)O)c1ccc2c(c1)CC(c1ccccc1)C2. The Hall–Kier alpha value is -2.09. The maximum Gasteiger partial charge on any atom is 0.310 e. The standard InChI is InChI=1S/C18H18O2/c1-12(18(19)20)14-7-8-15-10-16(11-17(15)9-14)13-5-3-2-4-6-13/h2-9,12,16H,10-11H2,1H3,(H,19,20). The first kappa shape index (κ1) is 12.9. The molecule has 0 saturated heterocycles. The van der Waals surface area contributed by atoms with E-state index in [9.17, 15) is 4.79 Å². The second-order valence-electron chi connectivity index (χ2n) is 5.60. The van der Waals surface area contributed by atoms with Crippen molar-refractivity contribution in [3.05, 3.63) is 70.8 Å². The lowest BCUT2D eigenvalue weighted by Gasteiger charge is -2.09. The fourth-order valence-electron chi connectivity index (χ4n) is 3.01. The van der Waals surface area contributed by atoms with Crippen LogP contribution >= 0.6 is 0 Å². The Kier molecular flexibility index (Phi) is 3.31. The number of carboxylic acids is 1. The molecule has 0 bridgehead atoms. The van der Waals surface area contributed by atoms with Crippen LogP contribution in [0, 0.1) is 0 Å². The predicted molar refractivity (Wildman–Crippen MR) is 79.1 cm³/mol. The molecule has 2 nitrogen and oxygen atoms in total. The van der Waals surface area contributed by atoms with Gasteiger partial charge in [0.2, 0.25) is 0 Å². The molecule has 1 aliphatic carbocycles. The third-order valence-electron chi connectivity index (χ3n) is 4.30. The maximum absolute atomic E-state index is 11.1. The molecule has 1 aliphatic rings. The van der Waals surface area contributed by atoms with Gasteiger partial charge in [0.25, 0.3) is 0 Å². The van der Waals surface area contributed by atoms with Crippen LogP contribution in [0.25, 0.3) is 0 Å². The second-order valence-corrected chi connectivity index (χ2v) is 5.60. The molecule has 0 fully saturated rings. The van der Waals surface area contributed by atoms with Gasteiger partial charge in [-0.05, 0) is 47.9 Å². The Balaban J connectivity index is 1.85. The van der Waals surface area contributed by atoms with Gasteiger partial charge in [-0.3, -0.25) is 4.79 Å². The first-order valence-electron chi connectivity index (χ1n) is 7.04. The average molecular weight is 266 g/mol. The van der Waals surface area contributed by atoms with Gasteiger partial charge in [0.1, 0.15) is 0 Å². The largest absolute Gasteiger partial charge is 0.481 e. The molecular formula is C18H18O2. The Morgan fingerprint density at radius 2 is 1.80 bits per heavy atom. The molecule has 0 aliphatic heterocycles. The van der Waals surface area contributed by atoms with Gasteiger partial charge in [0.05, 0.1) is 5.92 Å². The summed E-state index contributed by atoms with van der Waals surface area (Å²) in [4.78, 5) is 11.1. The van der Waals surface area contributed by atoms with Gasteiger partial charge < -0.3 is 5.11 Å². The highest BCUT2D eigenvalue weighted by Crippen LogP contribution is 2.35. The van der Waals surface area contributed by atoms with Crippen LogP contribution in [0.3, 0.4) is 0 Å². The summed E-state index contributed by atoms with van der Waals surface area (Å²) in [6, 6.07) is 16.7. The summed E-state index contributed by atoms with van der Waals surface area (Å²) in [5.74, 6) is -0.666. The van der Waals surface area contributed by atoms with Crippen molar-refractivity contribution in [2.24, 2.45) is 0 Å². The van der Waals surface area contributed by atoms with E-state index in [1.165, 1.54) is 16.7 Å².